The molecular formula is C36H32N2O6S. The third kappa shape index (κ3) is 6.25. The maximum absolute atomic E-state index is 13.9. The Labute approximate surface area is 264 Å². The monoisotopic (exact) mass is 620 g/mol. The van der Waals surface area contributed by atoms with E-state index in [-0.39, 0.29) is 11.1 Å². The first-order valence-corrected chi connectivity index (χ1v) is 15.5. The van der Waals surface area contributed by atoms with Crippen LogP contribution in [-0.4, -0.2) is 30.9 Å². The molecule has 0 saturated heterocycles. The highest BCUT2D eigenvalue weighted by Crippen LogP contribution is 2.35. The van der Waals surface area contributed by atoms with Gasteiger partial charge in [-0.25, -0.2) is 9.79 Å². The highest BCUT2D eigenvalue weighted by atomic mass is 32.1. The Morgan fingerprint density at radius 1 is 0.889 bits per heavy atom. The van der Waals surface area contributed by atoms with Crippen molar-refractivity contribution in [1.29, 1.82) is 0 Å². The fourth-order valence-electron chi connectivity index (χ4n) is 5.29. The Morgan fingerprint density at radius 3 is 2.40 bits per heavy atom. The first kappa shape index (κ1) is 29.9. The van der Waals surface area contributed by atoms with Crippen molar-refractivity contribution in [2.45, 2.75) is 26.5 Å². The third-order valence-electron chi connectivity index (χ3n) is 7.41. The van der Waals surface area contributed by atoms with Crippen LogP contribution < -0.4 is 29.1 Å². The summed E-state index contributed by atoms with van der Waals surface area (Å²) in [5, 5.41) is 2.37. The fourth-order valence-corrected chi connectivity index (χ4v) is 6.26. The second-order valence-corrected chi connectivity index (χ2v) is 11.3. The highest BCUT2D eigenvalue weighted by molar-refractivity contribution is 7.07. The average molecular weight is 621 g/mol. The van der Waals surface area contributed by atoms with E-state index in [1.165, 1.54) is 40.0 Å². The number of aromatic nitrogens is 1. The predicted octanol–water partition coefficient (Wildman–Crippen LogP) is 5.55. The normalized spacial score (nSPS) is 14.3. The van der Waals surface area contributed by atoms with Gasteiger partial charge in [-0.2, -0.15) is 0 Å². The Bertz CT molecular complexity index is 2080. The lowest BCUT2D eigenvalue weighted by Gasteiger charge is -2.23. The summed E-state index contributed by atoms with van der Waals surface area (Å²) >= 11 is 1.26. The molecule has 0 aliphatic carbocycles. The Hall–Kier alpha value is -5.15. The summed E-state index contributed by atoms with van der Waals surface area (Å²) in [5.41, 5.74) is 2.58. The number of methoxy groups -OCH3 is 1. The minimum Gasteiger partial charge on any atom is -0.490 e. The third-order valence-corrected chi connectivity index (χ3v) is 8.40. The van der Waals surface area contributed by atoms with E-state index in [9.17, 15) is 9.59 Å². The van der Waals surface area contributed by atoms with Crippen molar-refractivity contribution < 1.29 is 23.7 Å². The zero-order chi connectivity index (χ0) is 31.3. The largest absolute Gasteiger partial charge is 0.490 e. The molecule has 1 aliphatic rings. The van der Waals surface area contributed by atoms with Gasteiger partial charge in [0.25, 0.3) is 5.56 Å². The molecule has 45 heavy (non-hydrogen) atoms. The van der Waals surface area contributed by atoms with E-state index in [1.54, 1.807) is 12.1 Å². The van der Waals surface area contributed by atoms with E-state index in [4.69, 9.17) is 18.9 Å². The number of hydrogen-bond acceptors (Lipinski definition) is 8. The quantitative estimate of drug-likeness (QED) is 0.190. The van der Waals surface area contributed by atoms with E-state index >= 15 is 0 Å². The number of fused-ring (bicyclic) bond motifs is 2. The van der Waals surface area contributed by atoms with Crippen LogP contribution in [0, 0.1) is 0 Å². The first-order valence-electron chi connectivity index (χ1n) is 14.7. The maximum atomic E-state index is 13.9. The number of benzene rings is 4. The molecule has 228 valence electrons. The molecule has 1 aliphatic heterocycles. The Balaban J connectivity index is 1.29. The van der Waals surface area contributed by atoms with Crippen LogP contribution in [0.2, 0.25) is 0 Å². The maximum Gasteiger partial charge on any atom is 0.337 e. The number of hydrogen-bond donors (Lipinski definition) is 0. The van der Waals surface area contributed by atoms with Gasteiger partial charge in [-0.15, -0.1) is 0 Å². The zero-order valence-electron chi connectivity index (χ0n) is 25.2. The number of rotatable bonds is 10. The molecule has 0 unspecified atom stereocenters. The molecule has 6 rings (SSSR count). The van der Waals surface area contributed by atoms with Crippen molar-refractivity contribution in [3.05, 3.63) is 133 Å². The molecule has 0 fully saturated rings. The second-order valence-electron chi connectivity index (χ2n) is 10.3. The molecule has 0 spiro atoms. The molecule has 5 aromatic rings. The van der Waals surface area contributed by atoms with Crippen LogP contribution in [0.3, 0.4) is 0 Å². The SMILES string of the molecule is CCOc1ccc([C@@H]2C(C(=O)OC)=CN=c3s/c(=C\c4ccc(OCc5ccc6ccccc6c5)cc4)c(=O)n32)cc1OCC. The molecule has 9 heteroatoms. The van der Waals surface area contributed by atoms with Gasteiger partial charge in [-0.1, -0.05) is 65.9 Å². The molecule has 0 amide bonds. The van der Waals surface area contributed by atoms with Gasteiger partial charge >= 0.3 is 5.97 Å². The molecule has 2 heterocycles. The summed E-state index contributed by atoms with van der Waals surface area (Å²) in [6, 6.07) is 26.8. The smallest absolute Gasteiger partial charge is 0.337 e. The average Bonchev–Trinajstić information content (AvgIpc) is 3.39. The van der Waals surface area contributed by atoms with Crippen LogP contribution in [0.25, 0.3) is 16.8 Å². The van der Waals surface area contributed by atoms with E-state index in [0.29, 0.717) is 46.2 Å². The summed E-state index contributed by atoms with van der Waals surface area (Å²) < 4.78 is 24.7. The van der Waals surface area contributed by atoms with Crippen molar-refractivity contribution in [2.24, 2.45) is 4.99 Å². The molecule has 0 radical (unpaired) electrons. The summed E-state index contributed by atoms with van der Waals surface area (Å²) in [5.74, 6) is 1.28. The van der Waals surface area contributed by atoms with Crippen LogP contribution in [0.4, 0.5) is 0 Å². The zero-order valence-corrected chi connectivity index (χ0v) is 26.0. The summed E-state index contributed by atoms with van der Waals surface area (Å²) in [6.07, 6.45) is 3.30. The molecular weight excluding hydrogens is 588 g/mol. The number of nitrogens with zero attached hydrogens (tertiary/aromatic N) is 2. The van der Waals surface area contributed by atoms with Gasteiger partial charge in [0.2, 0.25) is 0 Å². The molecule has 0 bridgehead atoms. The highest BCUT2D eigenvalue weighted by Gasteiger charge is 2.31. The molecule has 4 aromatic carbocycles. The number of carbonyl (C=O) groups is 1. The number of ether oxygens (including phenoxy) is 4. The van der Waals surface area contributed by atoms with E-state index in [0.717, 1.165) is 16.9 Å². The molecule has 1 aromatic heterocycles. The van der Waals surface area contributed by atoms with Gasteiger partial charge in [0.15, 0.2) is 16.3 Å². The van der Waals surface area contributed by atoms with Gasteiger partial charge in [-0.05, 0) is 77.7 Å². The first-order chi connectivity index (χ1) is 22.0. The molecule has 1 atom stereocenters. The van der Waals surface area contributed by atoms with Crippen LogP contribution in [-0.2, 0) is 16.1 Å². The van der Waals surface area contributed by atoms with Crippen molar-refractivity contribution in [3.8, 4) is 17.2 Å². The van der Waals surface area contributed by atoms with Crippen molar-refractivity contribution in [2.75, 3.05) is 20.3 Å². The topological polar surface area (TPSA) is 88.4 Å². The number of esters is 1. The Kier molecular flexibility index (Phi) is 8.79. The van der Waals surface area contributed by atoms with Crippen LogP contribution in [0.5, 0.6) is 17.2 Å². The van der Waals surface area contributed by atoms with Crippen molar-refractivity contribution in [3.63, 3.8) is 0 Å². The van der Waals surface area contributed by atoms with Crippen molar-refractivity contribution >= 4 is 34.2 Å². The van der Waals surface area contributed by atoms with E-state index in [1.807, 2.05) is 62.4 Å². The van der Waals surface area contributed by atoms with Gasteiger partial charge in [0.1, 0.15) is 12.4 Å². The van der Waals surface area contributed by atoms with E-state index in [2.05, 4.69) is 35.3 Å². The van der Waals surface area contributed by atoms with Crippen molar-refractivity contribution in [1.82, 2.24) is 4.57 Å². The van der Waals surface area contributed by atoms with Crippen LogP contribution >= 0.6 is 11.3 Å². The Morgan fingerprint density at radius 2 is 1.64 bits per heavy atom. The van der Waals surface area contributed by atoms with Crippen LogP contribution in [0.15, 0.2) is 106 Å². The summed E-state index contributed by atoms with van der Waals surface area (Å²) in [6.45, 7) is 5.13. The molecule has 0 N–H and O–H groups in total. The fraction of sp³-hybridized carbons (Fsp3) is 0.194. The predicted molar refractivity (Wildman–Crippen MR) is 175 cm³/mol. The van der Waals surface area contributed by atoms with Gasteiger partial charge in [-0.3, -0.25) is 9.36 Å². The van der Waals surface area contributed by atoms with E-state index < -0.39 is 12.0 Å². The molecule has 0 saturated carbocycles. The van der Waals surface area contributed by atoms with Gasteiger partial charge < -0.3 is 18.9 Å². The minimum absolute atomic E-state index is 0.246. The lowest BCUT2D eigenvalue weighted by molar-refractivity contribution is -0.136. The lowest BCUT2D eigenvalue weighted by atomic mass is 9.97. The molecule has 8 nitrogen and oxygen atoms in total. The second kappa shape index (κ2) is 13.2. The van der Waals surface area contributed by atoms with Gasteiger partial charge in [0, 0.05) is 6.20 Å². The minimum atomic E-state index is -0.753. The van der Waals surface area contributed by atoms with Gasteiger partial charge in [0.05, 0.1) is 36.5 Å². The number of thiazole rings is 1. The summed E-state index contributed by atoms with van der Waals surface area (Å²) in [4.78, 5) is 31.7. The standard InChI is InChI=1S/C36H32N2O6S/c1-4-42-30-17-14-27(20-31(30)43-5-2)33-29(35(40)41-3)21-37-36-38(33)34(39)32(45-36)19-23-11-15-28(16-12-23)44-22-24-10-13-25-8-6-7-9-26(25)18-24/h6-21,33H,4-5,22H2,1-3H3/b32-19-/t33-/m1/s1. The lowest BCUT2D eigenvalue weighted by Crippen LogP contribution is -2.39. The van der Waals surface area contributed by atoms with Crippen LogP contribution in [0.1, 0.15) is 36.6 Å². The summed E-state index contributed by atoms with van der Waals surface area (Å²) in [7, 11) is 1.31. The number of carbonyl (C=O) groups excluding carboxylic acids is 1.